The molecule has 3 aromatic rings. The topological polar surface area (TPSA) is 74.4 Å². The number of aromatic nitrogens is 4. The van der Waals surface area contributed by atoms with Crippen LogP contribution in [-0.4, -0.2) is 50.7 Å². The summed E-state index contributed by atoms with van der Waals surface area (Å²) in [5.41, 5.74) is 6.16. The van der Waals surface area contributed by atoms with Crippen LogP contribution in [0.4, 0.5) is 0 Å². The maximum atomic E-state index is 12.7. The standard InChI is InChI=1S/C24H31N5O3/c1-5-32-24(30)23-21-16-28(15-19-14-25-27(3)17(19)2)12-11-22(21)29(26-23)13-10-18-6-8-20(31-4)9-7-18/h6-9,14H,5,10-13,15-16H2,1-4H3. The quantitative estimate of drug-likeness (QED) is 0.505. The van der Waals surface area contributed by atoms with Gasteiger partial charge in [0.25, 0.3) is 0 Å². The number of hydrogen-bond acceptors (Lipinski definition) is 6. The van der Waals surface area contributed by atoms with E-state index < -0.39 is 0 Å². The van der Waals surface area contributed by atoms with Crippen molar-refractivity contribution in [1.29, 1.82) is 0 Å². The molecule has 0 unspecified atom stereocenters. The predicted molar refractivity (Wildman–Crippen MR) is 121 cm³/mol. The molecule has 0 saturated carbocycles. The Morgan fingerprint density at radius 1 is 1.22 bits per heavy atom. The molecule has 0 radical (unpaired) electrons. The first-order valence-corrected chi connectivity index (χ1v) is 11.1. The second kappa shape index (κ2) is 9.56. The lowest BCUT2D eigenvalue weighted by molar-refractivity contribution is 0.0515. The summed E-state index contributed by atoms with van der Waals surface area (Å²) in [6, 6.07) is 8.07. The minimum absolute atomic E-state index is 0.338. The highest BCUT2D eigenvalue weighted by molar-refractivity contribution is 5.89. The number of esters is 1. The molecule has 4 rings (SSSR count). The molecule has 32 heavy (non-hydrogen) atoms. The zero-order valence-electron chi connectivity index (χ0n) is 19.3. The Bertz CT molecular complexity index is 1080. The van der Waals surface area contributed by atoms with Gasteiger partial charge in [-0.15, -0.1) is 0 Å². The van der Waals surface area contributed by atoms with E-state index in [1.54, 1.807) is 7.11 Å². The largest absolute Gasteiger partial charge is 0.497 e. The van der Waals surface area contributed by atoms with Crippen LogP contribution in [0.2, 0.25) is 0 Å². The number of fused-ring (bicyclic) bond motifs is 1. The first-order chi connectivity index (χ1) is 15.5. The van der Waals surface area contributed by atoms with Gasteiger partial charge in [-0.25, -0.2) is 4.79 Å². The molecule has 1 aliphatic rings. The van der Waals surface area contributed by atoms with Crippen molar-refractivity contribution in [2.45, 2.75) is 46.3 Å². The molecule has 8 nitrogen and oxygen atoms in total. The number of carbonyl (C=O) groups excluding carboxylic acids is 1. The van der Waals surface area contributed by atoms with Gasteiger partial charge in [-0.2, -0.15) is 10.2 Å². The molecule has 0 saturated heterocycles. The molecular weight excluding hydrogens is 406 g/mol. The Hall–Kier alpha value is -3.13. The number of benzene rings is 1. The Kier molecular flexibility index (Phi) is 6.60. The molecule has 0 N–H and O–H groups in total. The van der Waals surface area contributed by atoms with Crippen molar-refractivity contribution < 1.29 is 14.3 Å². The van der Waals surface area contributed by atoms with Gasteiger partial charge < -0.3 is 9.47 Å². The van der Waals surface area contributed by atoms with Crippen LogP contribution in [-0.2, 0) is 44.3 Å². The summed E-state index contributed by atoms with van der Waals surface area (Å²) in [5.74, 6) is 0.505. The summed E-state index contributed by atoms with van der Waals surface area (Å²) in [7, 11) is 3.62. The monoisotopic (exact) mass is 437 g/mol. The van der Waals surface area contributed by atoms with Crippen molar-refractivity contribution >= 4 is 5.97 Å². The van der Waals surface area contributed by atoms with Crippen molar-refractivity contribution in [1.82, 2.24) is 24.5 Å². The normalized spacial score (nSPS) is 13.8. The van der Waals surface area contributed by atoms with Crippen LogP contribution >= 0.6 is 0 Å². The molecule has 1 aliphatic heterocycles. The van der Waals surface area contributed by atoms with Crippen LogP contribution in [0.1, 0.15) is 45.5 Å². The van der Waals surface area contributed by atoms with Gasteiger partial charge in [0.1, 0.15) is 5.75 Å². The van der Waals surface area contributed by atoms with Crippen molar-refractivity contribution in [3.63, 3.8) is 0 Å². The predicted octanol–water partition coefficient (Wildman–Crippen LogP) is 2.91. The highest BCUT2D eigenvalue weighted by Gasteiger charge is 2.29. The molecular formula is C24H31N5O3. The third kappa shape index (κ3) is 4.55. The summed E-state index contributed by atoms with van der Waals surface area (Å²) < 4.78 is 14.4. The third-order valence-electron chi connectivity index (χ3n) is 6.18. The van der Waals surface area contributed by atoms with Crippen LogP contribution in [0.15, 0.2) is 30.5 Å². The van der Waals surface area contributed by atoms with Crippen molar-refractivity contribution in [3.05, 3.63) is 64.2 Å². The van der Waals surface area contributed by atoms with Crippen molar-refractivity contribution in [2.24, 2.45) is 7.05 Å². The molecule has 0 spiro atoms. The fraction of sp³-hybridized carbons (Fsp3) is 0.458. The second-order valence-electron chi connectivity index (χ2n) is 8.16. The lowest BCUT2D eigenvalue weighted by Crippen LogP contribution is -2.31. The van der Waals surface area contributed by atoms with E-state index in [1.807, 2.05) is 41.7 Å². The number of hydrogen-bond donors (Lipinski definition) is 0. The Morgan fingerprint density at radius 2 is 2.00 bits per heavy atom. The van der Waals surface area contributed by atoms with E-state index in [0.29, 0.717) is 18.8 Å². The van der Waals surface area contributed by atoms with Gasteiger partial charge in [-0.05, 0) is 38.0 Å². The molecule has 170 valence electrons. The Morgan fingerprint density at radius 3 is 2.66 bits per heavy atom. The lowest BCUT2D eigenvalue weighted by Gasteiger charge is -2.27. The molecule has 0 aliphatic carbocycles. The summed E-state index contributed by atoms with van der Waals surface area (Å²) in [6.07, 6.45) is 3.61. The summed E-state index contributed by atoms with van der Waals surface area (Å²) in [4.78, 5) is 15.0. The molecule has 3 heterocycles. The zero-order valence-corrected chi connectivity index (χ0v) is 19.3. The minimum atomic E-state index is -0.341. The van der Waals surface area contributed by atoms with E-state index in [1.165, 1.54) is 11.1 Å². The first-order valence-electron chi connectivity index (χ1n) is 11.1. The summed E-state index contributed by atoms with van der Waals surface area (Å²) in [6.45, 7) is 7.36. The van der Waals surface area contributed by atoms with Gasteiger partial charge in [0.15, 0.2) is 5.69 Å². The number of ether oxygens (including phenoxy) is 2. The molecule has 1 aromatic carbocycles. The van der Waals surface area contributed by atoms with Crippen LogP contribution in [0, 0.1) is 6.92 Å². The van der Waals surface area contributed by atoms with E-state index in [0.717, 1.165) is 55.2 Å². The van der Waals surface area contributed by atoms with E-state index >= 15 is 0 Å². The SMILES string of the molecule is CCOC(=O)c1nn(CCc2ccc(OC)cc2)c2c1CN(Cc1cnn(C)c1C)CC2. The molecule has 0 fully saturated rings. The fourth-order valence-electron chi connectivity index (χ4n) is 4.20. The smallest absolute Gasteiger partial charge is 0.359 e. The number of nitrogens with zero attached hydrogens (tertiary/aromatic N) is 5. The Labute approximate surface area is 188 Å². The van der Waals surface area contributed by atoms with Crippen molar-refractivity contribution in [2.75, 3.05) is 20.3 Å². The van der Waals surface area contributed by atoms with Gasteiger partial charge in [-0.3, -0.25) is 14.3 Å². The average Bonchev–Trinajstić information content (AvgIpc) is 3.33. The van der Waals surface area contributed by atoms with Gasteiger partial charge in [0.05, 0.1) is 19.9 Å². The van der Waals surface area contributed by atoms with E-state index in [4.69, 9.17) is 14.6 Å². The van der Waals surface area contributed by atoms with Crippen LogP contribution < -0.4 is 4.74 Å². The highest BCUT2D eigenvalue weighted by Crippen LogP contribution is 2.26. The summed E-state index contributed by atoms with van der Waals surface area (Å²) in [5, 5.41) is 9.05. The average molecular weight is 438 g/mol. The first kappa shape index (κ1) is 22.1. The third-order valence-corrected chi connectivity index (χ3v) is 6.18. The number of methoxy groups -OCH3 is 1. The maximum Gasteiger partial charge on any atom is 0.359 e. The van der Waals surface area contributed by atoms with Gasteiger partial charge in [0, 0.05) is 62.2 Å². The Balaban J connectivity index is 1.54. The lowest BCUT2D eigenvalue weighted by atomic mass is 10.0. The van der Waals surface area contributed by atoms with Crippen LogP contribution in [0.5, 0.6) is 5.75 Å². The molecule has 0 bridgehead atoms. The number of carbonyl (C=O) groups is 1. The molecule has 2 aromatic heterocycles. The van der Waals surface area contributed by atoms with Gasteiger partial charge in [-0.1, -0.05) is 12.1 Å². The molecule has 0 amide bonds. The summed E-state index contributed by atoms with van der Waals surface area (Å²) >= 11 is 0. The highest BCUT2D eigenvalue weighted by atomic mass is 16.5. The van der Waals surface area contributed by atoms with Crippen LogP contribution in [0.25, 0.3) is 0 Å². The van der Waals surface area contributed by atoms with Gasteiger partial charge in [0.2, 0.25) is 0 Å². The zero-order chi connectivity index (χ0) is 22.7. The minimum Gasteiger partial charge on any atom is -0.497 e. The van der Waals surface area contributed by atoms with E-state index in [9.17, 15) is 4.79 Å². The second-order valence-corrected chi connectivity index (χ2v) is 8.16. The van der Waals surface area contributed by atoms with Crippen molar-refractivity contribution in [3.8, 4) is 5.75 Å². The maximum absolute atomic E-state index is 12.7. The van der Waals surface area contributed by atoms with E-state index in [-0.39, 0.29) is 5.97 Å². The number of aryl methyl sites for hydroxylation is 3. The fourth-order valence-corrected chi connectivity index (χ4v) is 4.20. The van der Waals surface area contributed by atoms with E-state index in [2.05, 4.69) is 29.1 Å². The van der Waals surface area contributed by atoms with Crippen LogP contribution in [0.3, 0.4) is 0 Å². The number of rotatable bonds is 8. The van der Waals surface area contributed by atoms with Gasteiger partial charge >= 0.3 is 5.97 Å². The molecule has 0 atom stereocenters. The molecule has 8 heteroatoms.